The minimum Gasteiger partial charge on any atom is -0.497 e. The van der Waals surface area contributed by atoms with E-state index >= 15 is 0 Å². The first-order valence-electron chi connectivity index (χ1n) is 12.0. The quantitative estimate of drug-likeness (QED) is 0.306. The van der Waals surface area contributed by atoms with Crippen molar-refractivity contribution in [3.05, 3.63) is 65.2 Å². The van der Waals surface area contributed by atoms with E-state index in [9.17, 15) is 9.59 Å². The van der Waals surface area contributed by atoms with Crippen LogP contribution in [0.25, 0.3) is 0 Å². The molecule has 0 bridgehead atoms. The van der Waals surface area contributed by atoms with Gasteiger partial charge in [-0.1, -0.05) is 24.3 Å². The number of hydrogen-bond donors (Lipinski definition) is 0. The van der Waals surface area contributed by atoms with E-state index in [1.54, 1.807) is 26.4 Å². The molecule has 1 fully saturated rings. The number of carbonyl (C=O) groups is 2. The molecule has 9 nitrogen and oxygen atoms in total. The maximum atomic E-state index is 12.4. The zero-order chi connectivity index (χ0) is 25.8. The van der Waals surface area contributed by atoms with Gasteiger partial charge in [0.2, 0.25) is 5.91 Å². The summed E-state index contributed by atoms with van der Waals surface area (Å²) in [5, 5.41) is 0. The first-order valence-corrected chi connectivity index (χ1v) is 12.0. The van der Waals surface area contributed by atoms with Crippen molar-refractivity contribution in [3.63, 3.8) is 0 Å². The van der Waals surface area contributed by atoms with Crippen molar-refractivity contribution in [2.45, 2.75) is 12.7 Å². The monoisotopic (exact) mass is 500 g/mol. The van der Waals surface area contributed by atoms with Gasteiger partial charge in [0.25, 0.3) is 0 Å². The van der Waals surface area contributed by atoms with E-state index in [4.69, 9.17) is 23.7 Å². The third kappa shape index (κ3) is 8.30. The largest absolute Gasteiger partial charge is 0.497 e. The molecule has 0 spiro atoms. The molecule has 1 heterocycles. The molecule has 1 atom stereocenters. The number of nitrogens with zero attached hydrogens (tertiary/aromatic N) is 2. The van der Waals surface area contributed by atoms with Gasteiger partial charge < -0.3 is 28.6 Å². The Kier molecular flexibility index (Phi) is 11.2. The minimum atomic E-state index is -0.365. The van der Waals surface area contributed by atoms with E-state index < -0.39 is 0 Å². The molecule has 1 aliphatic rings. The van der Waals surface area contributed by atoms with Crippen molar-refractivity contribution in [3.8, 4) is 5.75 Å². The van der Waals surface area contributed by atoms with E-state index in [1.807, 2.05) is 41.3 Å². The Morgan fingerprint density at radius 3 is 2.36 bits per heavy atom. The van der Waals surface area contributed by atoms with Crippen LogP contribution in [0.3, 0.4) is 0 Å². The summed E-state index contributed by atoms with van der Waals surface area (Å²) in [5.74, 6) is 0.407. The number of esters is 1. The fraction of sp³-hybridized carbons (Fsp3) is 0.481. The maximum absolute atomic E-state index is 12.4. The number of hydrogen-bond acceptors (Lipinski definition) is 8. The van der Waals surface area contributed by atoms with E-state index in [0.29, 0.717) is 45.0 Å². The van der Waals surface area contributed by atoms with Crippen LogP contribution in [0.4, 0.5) is 0 Å². The zero-order valence-electron chi connectivity index (χ0n) is 21.3. The number of amides is 1. The lowest BCUT2D eigenvalue weighted by molar-refractivity contribution is -0.138. The van der Waals surface area contributed by atoms with Gasteiger partial charge >= 0.3 is 5.97 Å². The molecule has 0 N–H and O–H groups in total. The highest BCUT2D eigenvalue weighted by Crippen LogP contribution is 2.25. The lowest BCUT2D eigenvalue weighted by atomic mass is 10.1. The van der Waals surface area contributed by atoms with Crippen LogP contribution in [-0.2, 0) is 30.3 Å². The summed E-state index contributed by atoms with van der Waals surface area (Å²) in [6.45, 7) is 4.82. The average molecular weight is 501 g/mol. The van der Waals surface area contributed by atoms with Crippen molar-refractivity contribution < 1.29 is 33.3 Å². The number of carbonyl (C=O) groups excluding carboxylic acids is 2. The molecular weight excluding hydrogens is 464 g/mol. The first kappa shape index (κ1) is 27.6. The molecule has 0 aliphatic carbocycles. The van der Waals surface area contributed by atoms with Crippen molar-refractivity contribution in [1.29, 1.82) is 0 Å². The smallest absolute Gasteiger partial charge is 0.337 e. The fourth-order valence-electron chi connectivity index (χ4n) is 3.96. The molecule has 1 saturated heterocycles. The lowest BCUT2D eigenvalue weighted by Crippen LogP contribution is -2.50. The predicted molar refractivity (Wildman–Crippen MR) is 134 cm³/mol. The van der Waals surface area contributed by atoms with Crippen LogP contribution < -0.4 is 4.74 Å². The molecule has 0 unspecified atom stereocenters. The van der Waals surface area contributed by atoms with Crippen molar-refractivity contribution >= 4 is 11.9 Å². The van der Waals surface area contributed by atoms with Gasteiger partial charge in [0.1, 0.15) is 12.4 Å². The van der Waals surface area contributed by atoms with Gasteiger partial charge in [0.05, 0.1) is 45.7 Å². The summed E-state index contributed by atoms with van der Waals surface area (Å²) in [4.78, 5) is 28.2. The van der Waals surface area contributed by atoms with Crippen LogP contribution in [-0.4, -0.2) is 95.6 Å². The summed E-state index contributed by atoms with van der Waals surface area (Å²) in [6.07, 6.45) is -0.194. The molecular formula is C27H36N2O7. The van der Waals surface area contributed by atoms with Crippen LogP contribution >= 0.6 is 0 Å². The van der Waals surface area contributed by atoms with Crippen molar-refractivity contribution in [2.24, 2.45) is 0 Å². The molecule has 1 aliphatic heterocycles. The molecule has 2 aromatic carbocycles. The SMILES string of the molecule is COCCOCC(=O)N1CCN(C[C@@H](OCc2ccc(C(=O)OC)cc2)c2cccc(OC)c2)CC1. The summed E-state index contributed by atoms with van der Waals surface area (Å²) in [7, 11) is 4.62. The van der Waals surface area contributed by atoms with E-state index in [1.165, 1.54) is 7.11 Å². The number of methoxy groups -OCH3 is 3. The Morgan fingerprint density at radius 2 is 1.69 bits per heavy atom. The number of piperazine rings is 1. The number of benzene rings is 2. The molecule has 2 aromatic rings. The average Bonchev–Trinajstić information content (AvgIpc) is 2.93. The predicted octanol–water partition coefficient (Wildman–Crippen LogP) is 2.55. The Hall–Kier alpha value is -2.98. The molecule has 0 saturated carbocycles. The second-order valence-electron chi connectivity index (χ2n) is 8.49. The molecule has 9 heteroatoms. The standard InChI is InChI=1S/C27H36N2O7/c1-32-15-16-35-20-26(30)29-13-11-28(12-14-29)18-25(23-5-4-6-24(17-23)33-2)36-19-21-7-9-22(10-8-21)27(31)34-3/h4-10,17,25H,11-16,18-20H2,1-3H3/t25-/m1/s1. The summed E-state index contributed by atoms with van der Waals surface area (Å²) >= 11 is 0. The second-order valence-corrected chi connectivity index (χ2v) is 8.49. The summed E-state index contributed by atoms with van der Waals surface area (Å²) in [6, 6.07) is 15.1. The van der Waals surface area contributed by atoms with Crippen LogP contribution in [0.15, 0.2) is 48.5 Å². The van der Waals surface area contributed by atoms with Crippen LogP contribution in [0.1, 0.15) is 27.6 Å². The van der Waals surface area contributed by atoms with Crippen LogP contribution in [0.5, 0.6) is 5.75 Å². The molecule has 196 valence electrons. The zero-order valence-corrected chi connectivity index (χ0v) is 21.3. The first-order chi connectivity index (χ1) is 17.5. The summed E-state index contributed by atoms with van der Waals surface area (Å²) in [5.41, 5.74) is 2.48. The van der Waals surface area contributed by atoms with Gasteiger partial charge in [-0.15, -0.1) is 0 Å². The van der Waals surface area contributed by atoms with Gasteiger partial charge in [0.15, 0.2) is 0 Å². The Morgan fingerprint density at radius 1 is 0.944 bits per heavy atom. The van der Waals surface area contributed by atoms with Gasteiger partial charge in [-0.2, -0.15) is 0 Å². The topological polar surface area (TPSA) is 86.8 Å². The number of rotatable bonds is 13. The van der Waals surface area contributed by atoms with Gasteiger partial charge in [0, 0.05) is 39.8 Å². The second kappa shape index (κ2) is 14.5. The summed E-state index contributed by atoms with van der Waals surface area (Å²) < 4.78 is 26.9. The Labute approximate surface area is 212 Å². The maximum Gasteiger partial charge on any atom is 0.337 e. The van der Waals surface area contributed by atoms with Gasteiger partial charge in [-0.3, -0.25) is 9.69 Å². The molecule has 1 amide bonds. The Balaban J connectivity index is 1.59. The van der Waals surface area contributed by atoms with E-state index in [2.05, 4.69) is 4.90 Å². The van der Waals surface area contributed by atoms with Crippen molar-refractivity contribution in [2.75, 3.05) is 73.9 Å². The van der Waals surface area contributed by atoms with Gasteiger partial charge in [-0.25, -0.2) is 4.79 Å². The van der Waals surface area contributed by atoms with Crippen molar-refractivity contribution in [1.82, 2.24) is 9.80 Å². The molecule has 3 rings (SSSR count). The van der Waals surface area contributed by atoms with Crippen LogP contribution in [0, 0.1) is 0 Å². The number of ether oxygens (including phenoxy) is 5. The highest BCUT2D eigenvalue weighted by Gasteiger charge is 2.24. The third-order valence-electron chi connectivity index (χ3n) is 6.10. The van der Waals surface area contributed by atoms with Crippen LogP contribution in [0.2, 0.25) is 0 Å². The fourth-order valence-corrected chi connectivity index (χ4v) is 3.96. The highest BCUT2D eigenvalue weighted by atomic mass is 16.5. The minimum absolute atomic E-state index is 0.00162. The molecule has 0 aromatic heterocycles. The Bertz CT molecular complexity index is 959. The normalized spacial score (nSPS) is 14.9. The molecule has 36 heavy (non-hydrogen) atoms. The van der Waals surface area contributed by atoms with E-state index in [-0.39, 0.29) is 24.6 Å². The highest BCUT2D eigenvalue weighted by molar-refractivity contribution is 5.89. The lowest BCUT2D eigenvalue weighted by Gasteiger charge is -2.36. The third-order valence-corrected chi connectivity index (χ3v) is 6.10. The van der Waals surface area contributed by atoms with E-state index in [0.717, 1.165) is 30.0 Å². The molecule has 0 radical (unpaired) electrons. The van der Waals surface area contributed by atoms with Gasteiger partial charge in [-0.05, 0) is 35.4 Å².